The zero-order valence-corrected chi connectivity index (χ0v) is 12.9. The third-order valence-electron chi connectivity index (χ3n) is 2.41. The third-order valence-corrected chi connectivity index (χ3v) is 3.35. The van der Waals surface area contributed by atoms with Gasteiger partial charge in [-0.2, -0.15) is 0 Å². The summed E-state index contributed by atoms with van der Waals surface area (Å²) < 4.78 is 6.41. The Morgan fingerprint density at radius 3 is 2.86 bits per heavy atom. The molecule has 118 valence electrons. The zero-order chi connectivity index (χ0) is 16.1. The molecule has 0 saturated carbocycles. The molecule has 2 aromatic rings. The number of carbonyl (C=O) groups excluding carboxylic acids is 2. The first-order valence-electron chi connectivity index (χ1n) is 6.45. The first-order valence-corrected chi connectivity index (χ1v) is 7.43. The fourth-order valence-electron chi connectivity index (χ4n) is 1.54. The summed E-state index contributed by atoms with van der Waals surface area (Å²) in [7, 11) is 0. The molecule has 0 aliphatic carbocycles. The van der Waals surface area contributed by atoms with Gasteiger partial charge >= 0.3 is 6.03 Å². The summed E-state index contributed by atoms with van der Waals surface area (Å²) in [5.41, 5.74) is 0. The summed E-state index contributed by atoms with van der Waals surface area (Å²) in [6.07, 6.45) is 1.50. The normalized spacial score (nSPS) is 10.7. The molecule has 0 bridgehead atoms. The summed E-state index contributed by atoms with van der Waals surface area (Å²) in [5, 5.41) is 12.9. The molecule has 0 fully saturated rings. The van der Waals surface area contributed by atoms with Crippen molar-refractivity contribution in [3.8, 4) is 11.6 Å². The van der Waals surface area contributed by atoms with Crippen molar-refractivity contribution >= 4 is 23.7 Å². The lowest BCUT2D eigenvalue weighted by atomic mass is 10.4. The number of nitrogens with zero attached hydrogens (tertiary/aromatic N) is 3. The third kappa shape index (κ3) is 4.01. The largest absolute Gasteiger partial charge is 0.461 e. The van der Waals surface area contributed by atoms with E-state index in [-0.39, 0.29) is 11.8 Å². The molecule has 0 aliphatic heterocycles. The molecule has 3 amide bonds. The Labute approximate surface area is 130 Å². The molecule has 2 rings (SSSR count). The van der Waals surface area contributed by atoms with Gasteiger partial charge in [0.25, 0.3) is 0 Å². The highest BCUT2D eigenvalue weighted by molar-refractivity contribution is 7.99. The van der Waals surface area contributed by atoms with Gasteiger partial charge < -0.3 is 15.6 Å². The summed E-state index contributed by atoms with van der Waals surface area (Å²) in [5.74, 6) is 6.21. The van der Waals surface area contributed by atoms with Gasteiger partial charge in [0.05, 0.1) is 12.0 Å². The maximum Gasteiger partial charge on any atom is 0.321 e. The molecule has 0 spiro atoms. The first kappa shape index (κ1) is 15.9. The highest BCUT2D eigenvalue weighted by atomic mass is 32.2. The molecule has 0 aromatic carbocycles. The smallest absolute Gasteiger partial charge is 0.321 e. The van der Waals surface area contributed by atoms with Crippen molar-refractivity contribution in [2.45, 2.75) is 25.0 Å². The van der Waals surface area contributed by atoms with Crippen LogP contribution in [0.1, 0.15) is 13.8 Å². The second kappa shape index (κ2) is 6.98. The molecular formula is C12H16N6O3S. The lowest BCUT2D eigenvalue weighted by molar-refractivity contribution is -0.117. The van der Waals surface area contributed by atoms with Crippen LogP contribution in [0, 0.1) is 0 Å². The molecular weight excluding hydrogens is 308 g/mol. The summed E-state index contributed by atoms with van der Waals surface area (Å²) in [6.45, 7) is 3.59. The van der Waals surface area contributed by atoms with E-state index in [1.165, 1.54) is 10.9 Å². The molecule has 2 aromatic heterocycles. The van der Waals surface area contributed by atoms with Crippen LogP contribution in [-0.2, 0) is 4.79 Å². The molecule has 0 unspecified atom stereocenters. The van der Waals surface area contributed by atoms with E-state index in [0.29, 0.717) is 16.7 Å². The van der Waals surface area contributed by atoms with Crippen molar-refractivity contribution in [2.24, 2.45) is 0 Å². The van der Waals surface area contributed by atoms with E-state index >= 15 is 0 Å². The van der Waals surface area contributed by atoms with E-state index in [1.807, 2.05) is 0 Å². The standard InChI is InChI=1S/C12H16N6O3S/c1-7(2)14-11(20)15-9(19)6-22-12-17-16-10(18(12)13)8-4-3-5-21-8/h3-5,7H,6,13H2,1-2H3,(H2,14,15,19,20). The lowest BCUT2D eigenvalue weighted by Crippen LogP contribution is -2.43. The Morgan fingerprint density at radius 2 is 2.23 bits per heavy atom. The number of nitrogens with two attached hydrogens (primary N) is 1. The van der Waals surface area contributed by atoms with E-state index in [4.69, 9.17) is 10.3 Å². The zero-order valence-electron chi connectivity index (χ0n) is 12.1. The Morgan fingerprint density at radius 1 is 1.45 bits per heavy atom. The van der Waals surface area contributed by atoms with Crippen LogP contribution in [0.5, 0.6) is 0 Å². The van der Waals surface area contributed by atoms with Crippen molar-refractivity contribution in [3.05, 3.63) is 18.4 Å². The minimum atomic E-state index is -0.536. The molecule has 2 heterocycles. The Hall–Kier alpha value is -2.49. The monoisotopic (exact) mass is 324 g/mol. The topological polar surface area (TPSA) is 128 Å². The molecule has 4 N–H and O–H groups in total. The fraction of sp³-hybridized carbons (Fsp3) is 0.333. The van der Waals surface area contributed by atoms with E-state index in [0.717, 1.165) is 11.8 Å². The predicted molar refractivity (Wildman–Crippen MR) is 80.4 cm³/mol. The lowest BCUT2D eigenvalue weighted by Gasteiger charge is -2.08. The van der Waals surface area contributed by atoms with Crippen molar-refractivity contribution in [1.29, 1.82) is 0 Å². The molecule has 9 nitrogen and oxygen atoms in total. The highest BCUT2D eigenvalue weighted by Gasteiger charge is 2.16. The van der Waals surface area contributed by atoms with E-state index < -0.39 is 11.9 Å². The number of furan rings is 1. The number of imide groups is 1. The molecule has 0 atom stereocenters. The average Bonchev–Trinajstić information content (AvgIpc) is 3.04. The van der Waals surface area contributed by atoms with Gasteiger partial charge in [0.2, 0.25) is 16.9 Å². The molecule has 0 saturated heterocycles. The van der Waals surface area contributed by atoms with Crippen molar-refractivity contribution in [1.82, 2.24) is 25.5 Å². The number of hydrogen-bond donors (Lipinski definition) is 3. The quantitative estimate of drug-likeness (QED) is 0.542. The minimum absolute atomic E-state index is 0.0149. The van der Waals surface area contributed by atoms with Crippen LogP contribution in [0.2, 0.25) is 0 Å². The Bertz CT molecular complexity index is 652. The van der Waals surface area contributed by atoms with Gasteiger partial charge in [0, 0.05) is 6.04 Å². The Kier molecular flexibility index (Phi) is 5.04. The van der Waals surface area contributed by atoms with Gasteiger partial charge in [-0.3, -0.25) is 10.1 Å². The Balaban J connectivity index is 1.90. The minimum Gasteiger partial charge on any atom is -0.461 e. The summed E-state index contributed by atoms with van der Waals surface area (Å²) in [6, 6.07) is 2.82. The number of aromatic nitrogens is 3. The van der Waals surface area contributed by atoms with E-state index in [9.17, 15) is 9.59 Å². The van der Waals surface area contributed by atoms with Crippen molar-refractivity contribution in [3.63, 3.8) is 0 Å². The number of carbonyl (C=O) groups is 2. The number of amides is 3. The van der Waals surface area contributed by atoms with Crippen LogP contribution in [0.3, 0.4) is 0 Å². The maximum atomic E-state index is 11.6. The predicted octanol–water partition coefficient (Wildman–Crippen LogP) is 0.578. The van der Waals surface area contributed by atoms with Crippen LogP contribution in [0.25, 0.3) is 11.6 Å². The van der Waals surface area contributed by atoms with Crippen LogP contribution in [-0.4, -0.2) is 38.6 Å². The first-order chi connectivity index (χ1) is 10.5. The summed E-state index contributed by atoms with van der Waals surface area (Å²) >= 11 is 1.06. The SMILES string of the molecule is CC(C)NC(=O)NC(=O)CSc1nnc(-c2ccco2)n1N. The van der Waals surface area contributed by atoms with E-state index in [2.05, 4.69) is 20.8 Å². The summed E-state index contributed by atoms with van der Waals surface area (Å²) in [4.78, 5) is 23.0. The van der Waals surface area contributed by atoms with Gasteiger partial charge in [-0.05, 0) is 26.0 Å². The van der Waals surface area contributed by atoms with Gasteiger partial charge in [-0.1, -0.05) is 11.8 Å². The second-order valence-electron chi connectivity index (χ2n) is 4.62. The van der Waals surface area contributed by atoms with Crippen molar-refractivity contribution in [2.75, 3.05) is 11.6 Å². The highest BCUT2D eigenvalue weighted by Crippen LogP contribution is 2.21. The average molecular weight is 324 g/mol. The molecule has 0 aliphatic rings. The fourth-order valence-corrected chi connectivity index (χ4v) is 2.20. The van der Waals surface area contributed by atoms with Crippen LogP contribution in [0.15, 0.2) is 28.0 Å². The molecule has 10 heteroatoms. The second-order valence-corrected chi connectivity index (χ2v) is 5.56. The number of nitrogens with one attached hydrogen (secondary N) is 2. The number of nitrogen functional groups attached to an aromatic ring is 1. The molecule has 22 heavy (non-hydrogen) atoms. The van der Waals surface area contributed by atoms with Crippen molar-refractivity contribution < 1.29 is 14.0 Å². The number of urea groups is 1. The van der Waals surface area contributed by atoms with Gasteiger partial charge in [0.1, 0.15) is 0 Å². The van der Waals surface area contributed by atoms with Gasteiger partial charge in [-0.15, -0.1) is 10.2 Å². The number of hydrogen-bond acceptors (Lipinski definition) is 7. The molecule has 0 radical (unpaired) electrons. The maximum absolute atomic E-state index is 11.6. The number of rotatable bonds is 5. The van der Waals surface area contributed by atoms with Gasteiger partial charge in [-0.25, -0.2) is 9.47 Å². The van der Waals surface area contributed by atoms with Crippen LogP contribution < -0.4 is 16.5 Å². The van der Waals surface area contributed by atoms with E-state index in [1.54, 1.807) is 26.0 Å². The van der Waals surface area contributed by atoms with Crippen LogP contribution >= 0.6 is 11.8 Å². The van der Waals surface area contributed by atoms with Gasteiger partial charge in [0.15, 0.2) is 5.76 Å². The van der Waals surface area contributed by atoms with Crippen LogP contribution in [0.4, 0.5) is 4.79 Å². The number of thioether (sulfide) groups is 1.